The minimum Gasteiger partial charge on any atom is -0.458 e. The molecule has 0 aliphatic carbocycles. The first-order valence-electron chi connectivity index (χ1n) is 21.2. The molecule has 0 radical (unpaired) electrons. The quantitative estimate of drug-likeness (QED) is 0.0319. The van der Waals surface area contributed by atoms with E-state index in [9.17, 15) is 52.6 Å². The van der Waals surface area contributed by atoms with Crippen molar-refractivity contribution in [3.05, 3.63) is 74.3 Å². The number of carbonyl (C=O) groups is 8. The van der Waals surface area contributed by atoms with E-state index in [2.05, 4.69) is 26.6 Å². The summed E-state index contributed by atoms with van der Waals surface area (Å²) in [6.45, 7) is 6.42. The van der Waals surface area contributed by atoms with Crippen LogP contribution in [0.25, 0.3) is 22.3 Å². The SMILES string of the molecule is CC[C@@]1(O)C(=O)OCc2c1cc1n(c2=O)Cc2c-1nc1cc(F)c(C)cc1c2CNC(=O)COCNC(=O)[C@H](C)NC(=O)[C@H](C)NC(=O)[C@H](C)NC(=O)CCCCCN1C(=O)C=CC1=O. The molecule has 3 aliphatic heterocycles. The molecule has 2 aromatic heterocycles. The van der Waals surface area contributed by atoms with Gasteiger partial charge in [-0.25, -0.2) is 14.2 Å². The number of nitrogens with zero attached hydrogens (tertiary/aromatic N) is 3. The number of benzene rings is 1. The first-order chi connectivity index (χ1) is 30.8. The van der Waals surface area contributed by atoms with Gasteiger partial charge in [-0.05, 0) is 70.2 Å². The average Bonchev–Trinajstić information content (AvgIpc) is 3.80. The highest BCUT2D eigenvalue weighted by Crippen LogP contribution is 2.40. The highest BCUT2D eigenvalue weighted by atomic mass is 19.1. The number of aryl methyl sites for hydroxylation is 1. The Morgan fingerprint density at radius 2 is 1.54 bits per heavy atom. The number of rotatable bonds is 19. The van der Waals surface area contributed by atoms with E-state index in [1.54, 1.807) is 19.9 Å². The summed E-state index contributed by atoms with van der Waals surface area (Å²) in [6.07, 6.45) is 4.05. The Morgan fingerprint density at radius 1 is 0.877 bits per heavy atom. The lowest BCUT2D eigenvalue weighted by atomic mass is 9.86. The summed E-state index contributed by atoms with van der Waals surface area (Å²) in [5.74, 6) is -5.06. The number of imide groups is 1. The second-order valence-electron chi connectivity index (χ2n) is 16.2. The van der Waals surface area contributed by atoms with Gasteiger partial charge in [0.2, 0.25) is 29.5 Å². The fraction of sp³-hybridized carbons (Fsp3) is 0.455. The van der Waals surface area contributed by atoms with Crippen molar-refractivity contribution in [1.82, 2.24) is 41.0 Å². The molecule has 7 amide bonds. The fourth-order valence-electron chi connectivity index (χ4n) is 7.72. The van der Waals surface area contributed by atoms with Crippen LogP contribution < -0.4 is 32.1 Å². The van der Waals surface area contributed by atoms with E-state index in [0.717, 1.165) is 4.90 Å². The molecule has 1 aromatic carbocycles. The number of hydrogen-bond acceptors (Lipinski definition) is 13. The number of hydrogen-bond donors (Lipinski definition) is 6. The molecule has 21 heteroatoms. The molecule has 0 fully saturated rings. The van der Waals surface area contributed by atoms with E-state index in [-0.39, 0.29) is 67.5 Å². The molecule has 0 spiro atoms. The lowest BCUT2D eigenvalue weighted by molar-refractivity contribution is -0.172. The van der Waals surface area contributed by atoms with Gasteiger partial charge < -0.3 is 45.7 Å². The molecule has 6 rings (SSSR count). The zero-order valence-electron chi connectivity index (χ0n) is 36.6. The van der Waals surface area contributed by atoms with Gasteiger partial charge in [-0.15, -0.1) is 0 Å². The summed E-state index contributed by atoms with van der Waals surface area (Å²) in [5, 5.41) is 24.5. The molecular weight excluding hydrogens is 852 g/mol. The Bertz CT molecular complexity index is 2560. The molecular formula is C44H51FN8O12. The normalized spacial score (nSPS) is 17.4. The minimum absolute atomic E-state index is 0.0386. The monoisotopic (exact) mass is 902 g/mol. The zero-order chi connectivity index (χ0) is 47.3. The number of esters is 1. The maximum atomic E-state index is 14.8. The highest BCUT2D eigenvalue weighted by molar-refractivity contribution is 6.12. The lowest BCUT2D eigenvalue weighted by Gasteiger charge is -2.31. The van der Waals surface area contributed by atoms with Gasteiger partial charge in [0.25, 0.3) is 17.4 Å². The maximum absolute atomic E-state index is 14.8. The zero-order valence-corrected chi connectivity index (χ0v) is 36.6. The third-order valence-corrected chi connectivity index (χ3v) is 11.6. The standard InChI is InChI=1S/C44H51FN8O12/c1-6-44(63)30-15-33-38-28(18-53(33)42(61)29(30)19-65-43(44)62)27(26-14-22(2)31(45)16-32(26)51-38)17-46-35(55)20-64-21-47-39(58)23(3)49-41(60)25(5)50-40(59)24(4)48-34(54)10-8-7-9-13-52-36(56)11-12-37(52)57/h11-12,14-16,23-25,63H,6-10,13,17-21H2,1-5H3,(H,46,55)(H,47,58)(H,48,54)(H,49,60)(H,50,59)/t23-,24-,25-,44-/m0/s1. The summed E-state index contributed by atoms with van der Waals surface area (Å²) in [6, 6.07) is 1.26. The number of pyridine rings is 2. The largest absolute Gasteiger partial charge is 0.458 e. The van der Waals surface area contributed by atoms with E-state index in [1.807, 2.05) is 0 Å². The molecule has 0 saturated carbocycles. The van der Waals surface area contributed by atoms with Crippen LogP contribution in [0.15, 0.2) is 35.1 Å². The third kappa shape index (κ3) is 10.3. The molecule has 20 nitrogen and oxygen atoms in total. The molecule has 346 valence electrons. The number of nitrogens with one attached hydrogen (secondary N) is 5. The van der Waals surface area contributed by atoms with Crippen LogP contribution in [-0.2, 0) is 73.1 Å². The van der Waals surface area contributed by atoms with Crippen LogP contribution >= 0.6 is 0 Å². The summed E-state index contributed by atoms with van der Waals surface area (Å²) in [4.78, 5) is 119. The van der Waals surface area contributed by atoms with Crippen LogP contribution in [0.3, 0.4) is 0 Å². The van der Waals surface area contributed by atoms with Crippen molar-refractivity contribution in [2.75, 3.05) is 19.9 Å². The Hall–Kier alpha value is -6.87. The van der Waals surface area contributed by atoms with Crippen LogP contribution in [0.2, 0.25) is 0 Å². The number of aliphatic hydroxyl groups is 1. The summed E-state index contributed by atoms with van der Waals surface area (Å²) < 4.78 is 26.8. The van der Waals surface area contributed by atoms with E-state index in [1.165, 1.54) is 49.6 Å². The maximum Gasteiger partial charge on any atom is 0.343 e. The first-order valence-corrected chi connectivity index (χ1v) is 21.2. The van der Waals surface area contributed by atoms with Crippen LogP contribution in [-0.4, -0.2) is 105 Å². The molecule has 6 N–H and O–H groups in total. The second-order valence-corrected chi connectivity index (χ2v) is 16.2. The molecule has 3 aliphatic rings. The van der Waals surface area contributed by atoms with Crippen LogP contribution in [0.1, 0.15) is 87.6 Å². The smallest absolute Gasteiger partial charge is 0.343 e. The van der Waals surface area contributed by atoms with Gasteiger partial charge in [0, 0.05) is 54.2 Å². The summed E-state index contributed by atoms with van der Waals surface area (Å²) in [5.41, 5.74) is 0.0679. The topological polar surface area (TPSA) is 274 Å². The average molecular weight is 903 g/mol. The number of aromatic nitrogens is 2. The van der Waals surface area contributed by atoms with Crippen molar-refractivity contribution in [2.24, 2.45) is 0 Å². The highest BCUT2D eigenvalue weighted by Gasteiger charge is 2.45. The van der Waals surface area contributed by atoms with Gasteiger partial charge in [0.05, 0.1) is 29.0 Å². The van der Waals surface area contributed by atoms with E-state index >= 15 is 0 Å². The Labute approximate surface area is 371 Å². The third-order valence-electron chi connectivity index (χ3n) is 11.6. The second kappa shape index (κ2) is 19.9. The number of ether oxygens (including phenoxy) is 2. The predicted octanol–water partition coefficient (Wildman–Crippen LogP) is 0.233. The summed E-state index contributed by atoms with van der Waals surface area (Å²) >= 11 is 0. The van der Waals surface area contributed by atoms with Crippen molar-refractivity contribution in [1.29, 1.82) is 0 Å². The summed E-state index contributed by atoms with van der Waals surface area (Å²) in [7, 11) is 0. The molecule has 0 bridgehead atoms. The van der Waals surface area contributed by atoms with E-state index in [0.29, 0.717) is 52.7 Å². The number of carbonyl (C=O) groups excluding carboxylic acids is 8. The molecule has 5 heterocycles. The minimum atomic E-state index is -2.04. The molecule has 0 unspecified atom stereocenters. The van der Waals surface area contributed by atoms with Gasteiger partial charge in [-0.3, -0.25) is 43.3 Å². The molecule has 65 heavy (non-hydrogen) atoms. The van der Waals surface area contributed by atoms with E-state index in [4.69, 9.17) is 14.5 Å². The van der Waals surface area contributed by atoms with Crippen LogP contribution in [0.5, 0.6) is 0 Å². The van der Waals surface area contributed by atoms with Gasteiger partial charge in [-0.2, -0.15) is 0 Å². The van der Waals surface area contributed by atoms with Gasteiger partial charge >= 0.3 is 5.97 Å². The number of halogens is 1. The van der Waals surface area contributed by atoms with E-state index < -0.39 is 83.9 Å². The Kier molecular flexibility index (Phi) is 14.6. The van der Waals surface area contributed by atoms with Gasteiger partial charge in [0.15, 0.2) is 5.60 Å². The predicted molar refractivity (Wildman–Crippen MR) is 227 cm³/mol. The van der Waals surface area contributed by atoms with Crippen molar-refractivity contribution in [3.8, 4) is 11.4 Å². The lowest BCUT2D eigenvalue weighted by Crippen LogP contribution is -2.54. The first kappa shape index (κ1) is 47.6. The van der Waals surface area contributed by atoms with Crippen LogP contribution in [0.4, 0.5) is 4.39 Å². The van der Waals surface area contributed by atoms with Crippen molar-refractivity contribution in [2.45, 2.75) is 110 Å². The van der Waals surface area contributed by atoms with Crippen LogP contribution in [0, 0.1) is 12.7 Å². The Morgan fingerprint density at radius 3 is 2.22 bits per heavy atom. The fourth-order valence-corrected chi connectivity index (χ4v) is 7.72. The van der Waals surface area contributed by atoms with Crippen molar-refractivity contribution >= 4 is 58.2 Å². The molecule has 0 saturated heterocycles. The van der Waals surface area contributed by atoms with Gasteiger partial charge in [-0.1, -0.05) is 13.3 Å². The number of fused-ring (bicyclic) bond motifs is 5. The number of cyclic esters (lactones) is 1. The molecule has 3 aromatic rings. The number of amides is 7. The van der Waals surface area contributed by atoms with Gasteiger partial charge in [0.1, 0.15) is 43.9 Å². The molecule has 4 atom stereocenters. The van der Waals surface area contributed by atoms with Crippen molar-refractivity contribution in [3.63, 3.8) is 0 Å². The number of unbranched alkanes of at least 4 members (excludes halogenated alkanes) is 2. The van der Waals surface area contributed by atoms with Crippen molar-refractivity contribution < 1.29 is 57.3 Å². The Balaban J connectivity index is 0.951.